The molecule has 0 spiro atoms. The van der Waals surface area contributed by atoms with Gasteiger partial charge in [0.2, 0.25) is 0 Å². The van der Waals surface area contributed by atoms with Crippen molar-refractivity contribution in [1.29, 1.82) is 0 Å². The molecular weight excluding hydrogens is 654 g/mol. The molecule has 0 saturated carbocycles. The van der Waals surface area contributed by atoms with Crippen molar-refractivity contribution in [2.45, 2.75) is 61.8 Å². The number of alkyl halides is 14. The molecular formula is C22H16F14N2O6. The third-order valence-electron chi connectivity index (χ3n) is 5.41. The van der Waals surface area contributed by atoms with E-state index in [2.05, 4.69) is 14.4 Å². The van der Waals surface area contributed by atoms with E-state index in [1.807, 2.05) is 0 Å². The Kier molecular flexibility index (Phi) is 10.1. The molecule has 0 amide bonds. The first-order chi connectivity index (χ1) is 19.8. The van der Waals surface area contributed by atoms with E-state index in [0.717, 1.165) is 18.2 Å². The highest BCUT2D eigenvalue weighted by molar-refractivity contribution is 5.87. The van der Waals surface area contributed by atoms with E-state index in [0.29, 0.717) is 6.20 Å². The van der Waals surface area contributed by atoms with Gasteiger partial charge in [-0.15, -0.1) is 5.48 Å². The quantitative estimate of drug-likeness (QED) is 0.189. The molecule has 1 heterocycles. The van der Waals surface area contributed by atoms with Crippen molar-refractivity contribution >= 4 is 28.8 Å². The number of para-hydroxylation sites is 1. The van der Waals surface area contributed by atoms with E-state index in [4.69, 9.17) is 0 Å². The number of carbonyl (C=O) groups excluding carboxylic acids is 3. The molecule has 2 aromatic rings. The third-order valence-corrected chi connectivity index (χ3v) is 5.41. The Morgan fingerprint density at radius 3 is 1.80 bits per heavy atom. The van der Waals surface area contributed by atoms with Crippen LogP contribution in [0.4, 0.5) is 61.5 Å². The molecule has 8 nitrogen and oxygen atoms in total. The van der Waals surface area contributed by atoms with Gasteiger partial charge in [-0.3, -0.25) is 4.79 Å². The normalized spacial score (nSPS) is 14.3. The summed E-state index contributed by atoms with van der Waals surface area (Å²) in [5.41, 5.74) is 0.262. The largest absolute Gasteiger partial charge is 0.464 e. The second-order valence-corrected chi connectivity index (χ2v) is 8.60. The number of carbonyl (C=O) groups is 3. The first kappa shape index (κ1) is 36.3. The Bertz CT molecular complexity index is 1370. The molecule has 44 heavy (non-hydrogen) atoms. The Balaban J connectivity index is 2.43. The smallest absolute Gasteiger partial charge is 0.460 e. The third kappa shape index (κ3) is 6.78. The van der Waals surface area contributed by atoms with Gasteiger partial charge in [-0.2, -0.15) is 66.2 Å². The molecule has 0 fully saturated rings. The molecule has 0 aliphatic rings. The molecule has 22 heteroatoms. The number of nitrogens with zero attached hydrogens (tertiary/aromatic N) is 1. The molecule has 1 atom stereocenters. The standard InChI is InChI=1S/C22H16F14N2O6/c1-2-7-42-14(39)12(37-43-15(40)17(23,24)19(27,28)21(31,32)33)8-10-9-38(13-6-4-3-5-11(10)13)44-16(41)18(25,26)20(29,30)22(34,35)36/h3-6,9,12,37H,2,7-8H2,1H3/t12-/m0/s1. The summed E-state index contributed by atoms with van der Waals surface area (Å²) < 4.78 is 187. The zero-order chi connectivity index (χ0) is 34.1. The van der Waals surface area contributed by atoms with Crippen LogP contribution in [-0.2, 0) is 30.4 Å². The SMILES string of the molecule is CCCOC(=O)[C@H](Cc1cn(OC(=O)C(F)(F)C(F)(F)C(F)(F)F)c2ccccc12)NOC(=O)C(F)(F)C(F)(F)C(F)(F)F. The lowest BCUT2D eigenvalue weighted by atomic mass is 10.1. The molecule has 2 rings (SSSR count). The zero-order valence-corrected chi connectivity index (χ0v) is 21.3. The molecule has 1 aromatic heterocycles. The van der Waals surface area contributed by atoms with Gasteiger partial charge in [-0.25, -0.2) is 9.59 Å². The van der Waals surface area contributed by atoms with Crippen molar-refractivity contribution in [1.82, 2.24) is 10.2 Å². The summed E-state index contributed by atoms with van der Waals surface area (Å²) in [6.45, 7) is 1.02. The number of hydrogen-bond acceptors (Lipinski definition) is 7. The van der Waals surface area contributed by atoms with Gasteiger partial charge >= 0.3 is 54.0 Å². The van der Waals surface area contributed by atoms with Crippen LogP contribution in [0.15, 0.2) is 30.5 Å². The lowest BCUT2D eigenvalue weighted by molar-refractivity contribution is -0.349. The fourth-order valence-electron chi connectivity index (χ4n) is 3.10. The molecule has 1 aromatic carbocycles. The first-order valence-electron chi connectivity index (χ1n) is 11.4. The van der Waals surface area contributed by atoms with Gasteiger partial charge < -0.3 is 14.4 Å². The molecule has 0 radical (unpaired) electrons. The topological polar surface area (TPSA) is 95.9 Å². The Morgan fingerprint density at radius 2 is 1.30 bits per heavy atom. The van der Waals surface area contributed by atoms with E-state index >= 15 is 0 Å². The van der Waals surface area contributed by atoms with Gasteiger partial charge in [0.1, 0.15) is 6.04 Å². The predicted molar refractivity (Wildman–Crippen MR) is 113 cm³/mol. The van der Waals surface area contributed by atoms with Crippen LogP contribution in [0, 0.1) is 0 Å². The number of hydrogen-bond donors (Lipinski definition) is 1. The maximum Gasteiger partial charge on any atom is 0.460 e. The summed E-state index contributed by atoms with van der Waals surface area (Å²) in [5, 5.41) is -0.262. The fourth-order valence-corrected chi connectivity index (χ4v) is 3.10. The van der Waals surface area contributed by atoms with Crippen molar-refractivity contribution in [2.24, 2.45) is 0 Å². The number of rotatable bonds is 12. The van der Waals surface area contributed by atoms with E-state index in [-0.39, 0.29) is 16.5 Å². The molecule has 248 valence electrons. The van der Waals surface area contributed by atoms with Gasteiger partial charge in [-0.1, -0.05) is 25.1 Å². The van der Waals surface area contributed by atoms with E-state index in [1.165, 1.54) is 18.5 Å². The lowest BCUT2D eigenvalue weighted by Crippen LogP contribution is -2.58. The zero-order valence-electron chi connectivity index (χ0n) is 21.3. The number of ether oxygens (including phenoxy) is 1. The number of benzene rings is 1. The Morgan fingerprint density at radius 1 is 0.795 bits per heavy atom. The van der Waals surface area contributed by atoms with Crippen LogP contribution in [0.25, 0.3) is 10.9 Å². The summed E-state index contributed by atoms with van der Waals surface area (Å²) >= 11 is 0. The maximum atomic E-state index is 13.8. The molecule has 0 bridgehead atoms. The highest BCUT2D eigenvalue weighted by atomic mass is 19.4. The van der Waals surface area contributed by atoms with Gasteiger partial charge in [0.05, 0.1) is 12.1 Å². The fraction of sp³-hybridized carbons (Fsp3) is 0.500. The highest BCUT2D eigenvalue weighted by Crippen LogP contribution is 2.48. The van der Waals surface area contributed by atoms with Crippen LogP contribution < -0.4 is 10.3 Å². The predicted octanol–water partition coefficient (Wildman–Crippen LogP) is 5.17. The second-order valence-electron chi connectivity index (χ2n) is 8.60. The van der Waals surface area contributed by atoms with Crippen molar-refractivity contribution < 1.29 is 90.3 Å². The van der Waals surface area contributed by atoms with Crippen LogP contribution >= 0.6 is 0 Å². The summed E-state index contributed by atoms with van der Waals surface area (Å²) in [5.74, 6) is -35.3. The molecule has 0 saturated heterocycles. The summed E-state index contributed by atoms with van der Waals surface area (Å²) in [7, 11) is 0. The number of fused-ring (bicyclic) bond motifs is 1. The van der Waals surface area contributed by atoms with E-state index in [1.54, 1.807) is 0 Å². The lowest BCUT2D eigenvalue weighted by Gasteiger charge is -2.26. The average molecular weight is 670 g/mol. The van der Waals surface area contributed by atoms with Crippen molar-refractivity contribution in [2.75, 3.05) is 6.61 Å². The molecule has 0 unspecified atom stereocenters. The number of halogens is 14. The molecule has 1 N–H and O–H groups in total. The van der Waals surface area contributed by atoms with Gasteiger partial charge in [-0.05, 0) is 18.1 Å². The monoisotopic (exact) mass is 670 g/mol. The van der Waals surface area contributed by atoms with Gasteiger partial charge in [0.15, 0.2) is 0 Å². The van der Waals surface area contributed by atoms with E-state index < -0.39 is 84.1 Å². The highest BCUT2D eigenvalue weighted by Gasteiger charge is 2.78. The van der Waals surface area contributed by atoms with Crippen molar-refractivity contribution in [3.63, 3.8) is 0 Å². The maximum absolute atomic E-state index is 13.8. The minimum Gasteiger partial charge on any atom is -0.464 e. The van der Waals surface area contributed by atoms with Crippen LogP contribution in [-0.4, -0.2) is 71.3 Å². The van der Waals surface area contributed by atoms with E-state index in [9.17, 15) is 75.8 Å². The summed E-state index contributed by atoms with van der Waals surface area (Å²) in [4.78, 5) is 43.3. The van der Waals surface area contributed by atoms with Crippen molar-refractivity contribution in [3.05, 3.63) is 36.0 Å². The van der Waals surface area contributed by atoms with Crippen molar-refractivity contribution in [3.8, 4) is 0 Å². The Hall–Kier alpha value is -3.85. The van der Waals surface area contributed by atoms with Crippen LogP contribution in [0.3, 0.4) is 0 Å². The summed E-state index contributed by atoms with van der Waals surface area (Å²) in [6, 6.07) is 2.00. The first-order valence-corrected chi connectivity index (χ1v) is 11.4. The summed E-state index contributed by atoms with van der Waals surface area (Å²) in [6.07, 6.45) is -14.3. The second kappa shape index (κ2) is 12.3. The van der Waals surface area contributed by atoms with Crippen LogP contribution in [0.1, 0.15) is 18.9 Å². The number of aromatic nitrogens is 1. The molecule has 0 aliphatic carbocycles. The Labute approximate surface area is 234 Å². The van der Waals surface area contributed by atoms with Gasteiger partial charge in [0.25, 0.3) is 0 Å². The number of esters is 1. The number of nitrogens with one attached hydrogen (secondary N) is 1. The minimum absolute atomic E-state index is 0.0498. The number of hydroxylamine groups is 1. The van der Waals surface area contributed by atoms with Crippen LogP contribution in [0.5, 0.6) is 0 Å². The van der Waals surface area contributed by atoms with Gasteiger partial charge in [0, 0.05) is 18.0 Å². The average Bonchev–Trinajstić information content (AvgIpc) is 3.24. The van der Waals surface area contributed by atoms with Crippen LogP contribution in [0.2, 0.25) is 0 Å². The molecule has 0 aliphatic heterocycles. The minimum atomic E-state index is -6.95.